The molecule has 1 aliphatic heterocycles. The minimum absolute atomic E-state index is 0.0913. The number of halogens is 1. The monoisotopic (exact) mass is 349 g/mol. The van der Waals surface area contributed by atoms with Crippen LogP contribution < -0.4 is 5.73 Å². The number of benzene rings is 1. The lowest BCUT2D eigenvalue weighted by atomic mass is 10.0. The summed E-state index contributed by atoms with van der Waals surface area (Å²) in [6, 6.07) is 6.41. The Morgan fingerprint density at radius 3 is 2.60 bits per heavy atom. The van der Waals surface area contributed by atoms with Gasteiger partial charge in [0.05, 0.1) is 0 Å². The van der Waals surface area contributed by atoms with E-state index in [1.165, 1.54) is 12.1 Å². The zero-order valence-electron chi connectivity index (χ0n) is 15.1. The van der Waals surface area contributed by atoms with Crippen LogP contribution >= 0.6 is 0 Å². The lowest BCUT2D eigenvalue weighted by molar-refractivity contribution is -0.134. The minimum Gasteiger partial charge on any atom is -0.370 e. The number of hydrogen-bond acceptors (Lipinski definition) is 3. The van der Waals surface area contributed by atoms with Crippen LogP contribution in [0.2, 0.25) is 0 Å². The van der Waals surface area contributed by atoms with Gasteiger partial charge in [-0.1, -0.05) is 26.0 Å². The summed E-state index contributed by atoms with van der Waals surface area (Å²) >= 11 is 0. The molecule has 1 aromatic rings. The third-order valence-corrected chi connectivity index (χ3v) is 4.74. The maximum absolute atomic E-state index is 13.1. The molecule has 1 aromatic carbocycles. The van der Waals surface area contributed by atoms with Gasteiger partial charge in [0.2, 0.25) is 11.8 Å². The Balaban J connectivity index is 2.07. The molecule has 5 nitrogen and oxygen atoms in total. The van der Waals surface area contributed by atoms with Crippen LogP contribution in [-0.4, -0.2) is 47.3 Å². The van der Waals surface area contributed by atoms with Gasteiger partial charge in [-0.15, -0.1) is 0 Å². The zero-order valence-corrected chi connectivity index (χ0v) is 15.1. The third-order valence-electron chi connectivity index (χ3n) is 4.74. The topological polar surface area (TPSA) is 66.6 Å². The maximum Gasteiger partial charge on any atom is 0.224 e. The smallest absolute Gasteiger partial charge is 0.224 e. The summed E-state index contributed by atoms with van der Waals surface area (Å²) in [6.45, 7) is 6.97. The van der Waals surface area contributed by atoms with E-state index < -0.39 is 0 Å². The van der Waals surface area contributed by atoms with Gasteiger partial charge in [-0.2, -0.15) is 0 Å². The molecular formula is C19H28FN3O2. The van der Waals surface area contributed by atoms with Crippen LogP contribution in [0.1, 0.15) is 38.7 Å². The quantitative estimate of drug-likeness (QED) is 0.820. The van der Waals surface area contributed by atoms with E-state index in [1.807, 2.05) is 4.90 Å². The van der Waals surface area contributed by atoms with Crippen molar-refractivity contribution in [2.45, 2.75) is 45.7 Å². The number of carbonyl (C=O) groups is 2. The van der Waals surface area contributed by atoms with Crippen molar-refractivity contribution in [1.29, 1.82) is 0 Å². The van der Waals surface area contributed by atoms with E-state index in [0.717, 1.165) is 18.7 Å². The first-order chi connectivity index (χ1) is 11.9. The fourth-order valence-corrected chi connectivity index (χ4v) is 3.28. The third kappa shape index (κ3) is 5.81. The molecule has 1 heterocycles. The van der Waals surface area contributed by atoms with Crippen LogP contribution in [0.15, 0.2) is 24.3 Å². The first kappa shape index (κ1) is 19.4. The summed E-state index contributed by atoms with van der Waals surface area (Å²) in [7, 11) is 0. The Labute approximate surface area is 149 Å². The molecular weight excluding hydrogens is 321 g/mol. The Morgan fingerprint density at radius 1 is 1.32 bits per heavy atom. The Morgan fingerprint density at radius 2 is 2.00 bits per heavy atom. The largest absolute Gasteiger partial charge is 0.370 e. The Bertz CT molecular complexity index is 589. The molecule has 2 N–H and O–H groups in total. The highest BCUT2D eigenvalue weighted by atomic mass is 19.1. The summed E-state index contributed by atoms with van der Waals surface area (Å²) in [4.78, 5) is 27.8. The summed E-state index contributed by atoms with van der Waals surface area (Å²) < 4.78 is 13.1. The molecule has 1 atom stereocenters. The van der Waals surface area contributed by atoms with Crippen molar-refractivity contribution in [3.8, 4) is 0 Å². The fourth-order valence-electron chi connectivity index (χ4n) is 3.28. The molecule has 0 aromatic heterocycles. The van der Waals surface area contributed by atoms with Crippen molar-refractivity contribution in [3.05, 3.63) is 35.6 Å². The first-order valence-electron chi connectivity index (χ1n) is 8.91. The number of nitrogens with two attached hydrogens (primary N) is 1. The predicted molar refractivity (Wildman–Crippen MR) is 95.1 cm³/mol. The second-order valence-corrected chi connectivity index (χ2v) is 7.08. The van der Waals surface area contributed by atoms with Crippen molar-refractivity contribution in [2.24, 2.45) is 11.7 Å². The molecule has 0 bridgehead atoms. The number of nitrogens with zero attached hydrogens (tertiary/aromatic N) is 2. The van der Waals surface area contributed by atoms with Crippen molar-refractivity contribution in [3.63, 3.8) is 0 Å². The zero-order chi connectivity index (χ0) is 18.4. The van der Waals surface area contributed by atoms with Crippen molar-refractivity contribution >= 4 is 11.8 Å². The van der Waals surface area contributed by atoms with Crippen LogP contribution in [0.4, 0.5) is 4.39 Å². The minimum atomic E-state index is -0.288. The molecule has 2 rings (SSSR count). The van der Waals surface area contributed by atoms with Crippen molar-refractivity contribution < 1.29 is 14.0 Å². The van der Waals surface area contributed by atoms with E-state index in [4.69, 9.17) is 5.73 Å². The Kier molecular flexibility index (Phi) is 6.93. The number of hydrogen-bond donors (Lipinski definition) is 1. The molecule has 1 fully saturated rings. The van der Waals surface area contributed by atoms with E-state index in [0.29, 0.717) is 38.3 Å². The van der Waals surface area contributed by atoms with E-state index in [2.05, 4.69) is 18.7 Å². The van der Waals surface area contributed by atoms with Gasteiger partial charge in [-0.25, -0.2) is 4.39 Å². The Hall–Kier alpha value is -1.95. The molecule has 0 radical (unpaired) electrons. The molecule has 2 amide bonds. The van der Waals surface area contributed by atoms with Crippen molar-refractivity contribution in [1.82, 2.24) is 9.80 Å². The van der Waals surface area contributed by atoms with Gasteiger partial charge in [0.25, 0.3) is 0 Å². The average molecular weight is 349 g/mol. The van der Waals surface area contributed by atoms with Gasteiger partial charge in [0.1, 0.15) is 5.82 Å². The van der Waals surface area contributed by atoms with Gasteiger partial charge >= 0.3 is 0 Å². The molecule has 138 valence electrons. The van der Waals surface area contributed by atoms with E-state index in [1.54, 1.807) is 12.1 Å². The van der Waals surface area contributed by atoms with E-state index in [9.17, 15) is 14.0 Å². The van der Waals surface area contributed by atoms with Gasteiger partial charge < -0.3 is 15.5 Å². The SMILES string of the molecule is CC(C)[C@@H]1CN(CCCC(N)=O)CCC(=O)N1Cc1ccc(F)cc1. The van der Waals surface area contributed by atoms with Crippen LogP contribution in [0.3, 0.4) is 0 Å². The number of amides is 2. The molecule has 1 saturated heterocycles. The summed E-state index contributed by atoms with van der Waals surface area (Å²) in [6.07, 6.45) is 1.55. The van der Waals surface area contributed by atoms with Crippen molar-refractivity contribution in [2.75, 3.05) is 19.6 Å². The number of rotatable bonds is 7. The summed E-state index contributed by atoms with van der Waals surface area (Å²) in [5, 5.41) is 0. The lowest BCUT2D eigenvalue weighted by Gasteiger charge is -2.35. The summed E-state index contributed by atoms with van der Waals surface area (Å²) in [5.41, 5.74) is 6.14. The van der Waals surface area contributed by atoms with Gasteiger partial charge in [0.15, 0.2) is 0 Å². The van der Waals surface area contributed by atoms with Crippen LogP contribution in [-0.2, 0) is 16.1 Å². The second kappa shape index (κ2) is 8.94. The van der Waals surface area contributed by atoms with E-state index >= 15 is 0 Å². The number of primary amides is 1. The molecule has 25 heavy (non-hydrogen) atoms. The molecule has 0 spiro atoms. The highest BCUT2D eigenvalue weighted by Gasteiger charge is 2.31. The second-order valence-electron chi connectivity index (χ2n) is 7.08. The standard InChI is InChI=1S/C19H28FN3O2/c1-14(2)17-13-22(10-3-4-18(21)24)11-9-19(25)23(17)12-15-5-7-16(20)8-6-15/h5-8,14,17H,3-4,9-13H2,1-2H3,(H2,21,24)/t17-/m0/s1. The van der Waals surface area contributed by atoms with Gasteiger partial charge in [-0.3, -0.25) is 9.59 Å². The molecule has 6 heteroatoms. The predicted octanol–water partition coefficient (Wildman–Crippen LogP) is 2.15. The summed E-state index contributed by atoms with van der Waals surface area (Å²) in [5.74, 6) is -0.127. The molecule has 0 saturated carbocycles. The molecule has 0 unspecified atom stereocenters. The lowest BCUT2D eigenvalue weighted by Crippen LogP contribution is -2.46. The maximum atomic E-state index is 13.1. The van der Waals surface area contributed by atoms with E-state index in [-0.39, 0.29) is 23.7 Å². The number of carbonyl (C=O) groups excluding carboxylic acids is 2. The fraction of sp³-hybridized carbons (Fsp3) is 0.579. The van der Waals surface area contributed by atoms with Gasteiger partial charge in [0, 0.05) is 38.5 Å². The van der Waals surface area contributed by atoms with Gasteiger partial charge in [-0.05, 0) is 36.6 Å². The molecule has 0 aliphatic carbocycles. The molecule has 1 aliphatic rings. The highest BCUT2D eigenvalue weighted by Crippen LogP contribution is 2.21. The normalized spacial score (nSPS) is 19.3. The van der Waals surface area contributed by atoms with Crippen LogP contribution in [0.25, 0.3) is 0 Å². The average Bonchev–Trinajstić information content (AvgIpc) is 2.70. The van der Waals surface area contributed by atoms with Crippen LogP contribution in [0, 0.1) is 11.7 Å². The first-order valence-corrected chi connectivity index (χ1v) is 8.91. The highest BCUT2D eigenvalue weighted by molar-refractivity contribution is 5.77. The van der Waals surface area contributed by atoms with Crippen LogP contribution in [0.5, 0.6) is 0 Å².